The van der Waals surface area contributed by atoms with Gasteiger partial charge in [-0.05, 0) is 66.1 Å². The largest absolute Gasteiger partial charge is 0.465 e. The quantitative estimate of drug-likeness (QED) is 0.150. The molecular formula is C39H46N4O6. The maximum Gasteiger partial charge on any atom is 0.325 e. The van der Waals surface area contributed by atoms with Gasteiger partial charge < -0.3 is 34.9 Å². The molecule has 0 saturated carbocycles. The van der Waals surface area contributed by atoms with Crippen molar-refractivity contribution in [2.24, 2.45) is 5.92 Å². The molecule has 49 heavy (non-hydrogen) atoms. The number of esters is 1. The number of aliphatic hydroxyl groups excluding tert-OH is 1. The number of rotatable bonds is 14. The Morgan fingerprint density at radius 3 is 2.41 bits per heavy atom. The third-order valence-corrected chi connectivity index (χ3v) is 8.66. The molecule has 2 heterocycles. The van der Waals surface area contributed by atoms with Crippen LogP contribution in [-0.2, 0) is 38.6 Å². The zero-order valence-corrected chi connectivity index (χ0v) is 28.4. The number of aliphatic hydroxyl groups is 1. The molecule has 1 saturated heterocycles. The van der Waals surface area contributed by atoms with Crippen LogP contribution in [-0.4, -0.2) is 66.4 Å². The molecule has 0 spiro atoms. The molecule has 0 bridgehead atoms. The lowest BCUT2D eigenvalue weighted by Gasteiger charge is -2.42. The third-order valence-electron chi connectivity index (χ3n) is 8.66. The maximum absolute atomic E-state index is 12.2. The van der Waals surface area contributed by atoms with Gasteiger partial charge in [-0.3, -0.25) is 9.78 Å². The normalized spacial score (nSPS) is 19.0. The standard InChI is InChI=1S/C39H46N4O6/c1-4-47-36(45)24-42-39(46)41-23-29-9-7-10-31(21-29)32-11-8-12-33(22-32)38-48-35(25-43(3)20-18-34-13-5-6-19-40-34)27(2)37(49-38)30-16-14-28(26-44)15-17-30/h5-17,19,21-22,27,35,37-38,44H,4,18,20,23-26H2,1-3H3,(H2,41,42,46). The van der Waals surface area contributed by atoms with Crippen LogP contribution in [0.1, 0.15) is 54.2 Å². The average Bonchev–Trinajstić information content (AvgIpc) is 3.14. The van der Waals surface area contributed by atoms with E-state index in [1.807, 2.05) is 91.1 Å². The molecule has 2 amide bonds. The first kappa shape index (κ1) is 35.7. The second-order valence-electron chi connectivity index (χ2n) is 12.3. The van der Waals surface area contributed by atoms with Crippen molar-refractivity contribution in [3.8, 4) is 11.1 Å². The summed E-state index contributed by atoms with van der Waals surface area (Å²) in [4.78, 5) is 30.5. The number of ether oxygens (including phenoxy) is 3. The number of nitrogens with zero attached hydrogens (tertiary/aromatic N) is 2. The maximum atomic E-state index is 12.2. The van der Waals surface area contributed by atoms with Gasteiger partial charge >= 0.3 is 12.0 Å². The minimum Gasteiger partial charge on any atom is -0.465 e. The van der Waals surface area contributed by atoms with E-state index < -0.39 is 18.3 Å². The van der Waals surface area contributed by atoms with Crippen molar-refractivity contribution in [2.45, 2.75) is 51.9 Å². The summed E-state index contributed by atoms with van der Waals surface area (Å²) in [6.07, 6.45) is 1.75. The summed E-state index contributed by atoms with van der Waals surface area (Å²) >= 11 is 0. The molecule has 1 aliphatic rings. The van der Waals surface area contributed by atoms with Gasteiger partial charge in [-0.1, -0.05) is 73.7 Å². The predicted molar refractivity (Wildman–Crippen MR) is 187 cm³/mol. The fourth-order valence-electron chi connectivity index (χ4n) is 5.91. The Balaban J connectivity index is 1.31. The van der Waals surface area contributed by atoms with Gasteiger partial charge in [-0.25, -0.2) is 4.79 Å². The SMILES string of the molecule is CCOC(=O)CNC(=O)NCc1cccc(-c2cccc(C3OC(CN(C)CCc4ccccn4)C(C)C(c4ccc(CO)cc4)O3)c2)c1. The number of amides is 2. The molecule has 4 aromatic rings. The van der Waals surface area contributed by atoms with Crippen molar-refractivity contribution >= 4 is 12.0 Å². The Labute approximate surface area is 288 Å². The Kier molecular flexibility index (Phi) is 12.9. The Morgan fingerprint density at radius 2 is 1.67 bits per heavy atom. The van der Waals surface area contributed by atoms with E-state index in [0.717, 1.165) is 58.6 Å². The van der Waals surface area contributed by atoms with Crippen molar-refractivity contribution in [2.75, 3.05) is 33.3 Å². The Morgan fingerprint density at radius 1 is 0.898 bits per heavy atom. The number of aromatic nitrogens is 1. The molecule has 10 heteroatoms. The van der Waals surface area contributed by atoms with Crippen LogP contribution >= 0.6 is 0 Å². The van der Waals surface area contributed by atoms with Crippen LogP contribution in [0.3, 0.4) is 0 Å². The lowest BCUT2D eigenvalue weighted by molar-refractivity contribution is -0.275. The lowest BCUT2D eigenvalue weighted by Crippen LogP contribution is -2.43. The van der Waals surface area contributed by atoms with Gasteiger partial charge in [-0.2, -0.15) is 0 Å². The van der Waals surface area contributed by atoms with Gasteiger partial charge in [0.15, 0.2) is 6.29 Å². The highest BCUT2D eigenvalue weighted by molar-refractivity contribution is 5.80. The van der Waals surface area contributed by atoms with Crippen molar-refractivity contribution in [3.05, 3.63) is 125 Å². The Hall–Kier alpha value is -4.61. The molecular weight excluding hydrogens is 620 g/mol. The Bertz CT molecular complexity index is 1650. The fourth-order valence-corrected chi connectivity index (χ4v) is 5.91. The zero-order chi connectivity index (χ0) is 34.6. The van der Waals surface area contributed by atoms with Crippen LogP contribution in [0.15, 0.2) is 97.2 Å². The van der Waals surface area contributed by atoms with Crippen molar-refractivity contribution in [3.63, 3.8) is 0 Å². The van der Waals surface area contributed by atoms with Gasteiger partial charge in [0.25, 0.3) is 0 Å². The highest BCUT2D eigenvalue weighted by Gasteiger charge is 2.38. The second kappa shape index (κ2) is 17.7. The molecule has 3 aromatic carbocycles. The molecule has 1 aliphatic heterocycles. The average molecular weight is 667 g/mol. The number of carbonyl (C=O) groups is 2. The summed E-state index contributed by atoms with van der Waals surface area (Å²) in [5, 5.41) is 14.9. The van der Waals surface area contributed by atoms with Gasteiger partial charge in [0.05, 0.1) is 25.4 Å². The lowest BCUT2D eigenvalue weighted by atomic mass is 9.90. The van der Waals surface area contributed by atoms with Crippen molar-refractivity contribution in [1.82, 2.24) is 20.5 Å². The second-order valence-corrected chi connectivity index (χ2v) is 12.3. The zero-order valence-electron chi connectivity index (χ0n) is 28.4. The van der Waals surface area contributed by atoms with Gasteiger partial charge in [0.2, 0.25) is 0 Å². The van der Waals surface area contributed by atoms with E-state index in [4.69, 9.17) is 14.2 Å². The van der Waals surface area contributed by atoms with Crippen molar-refractivity contribution in [1.29, 1.82) is 0 Å². The van der Waals surface area contributed by atoms with E-state index >= 15 is 0 Å². The van der Waals surface area contributed by atoms with Gasteiger partial charge in [0, 0.05) is 49.4 Å². The molecule has 0 radical (unpaired) electrons. The predicted octanol–water partition coefficient (Wildman–Crippen LogP) is 5.57. The summed E-state index contributed by atoms with van der Waals surface area (Å²) in [6, 6.07) is 29.6. The molecule has 1 aromatic heterocycles. The smallest absolute Gasteiger partial charge is 0.325 e. The van der Waals surface area contributed by atoms with E-state index in [-0.39, 0.29) is 37.9 Å². The number of pyridine rings is 1. The summed E-state index contributed by atoms with van der Waals surface area (Å²) in [5.41, 5.74) is 6.75. The molecule has 0 aliphatic carbocycles. The van der Waals surface area contributed by atoms with Crippen LogP contribution in [0.5, 0.6) is 0 Å². The number of urea groups is 1. The molecule has 10 nitrogen and oxygen atoms in total. The molecule has 1 fully saturated rings. The van der Waals surface area contributed by atoms with Crippen LogP contribution in [0, 0.1) is 5.92 Å². The minimum absolute atomic E-state index is 0.0104. The van der Waals surface area contributed by atoms with Gasteiger partial charge in [0.1, 0.15) is 6.54 Å². The molecule has 3 N–H and O–H groups in total. The molecule has 4 atom stereocenters. The molecule has 4 unspecified atom stereocenters. The molecule has 5 rings (SSSR count). The highest BCUT2D eigenvalue weighted by atomic mass is 16.7. The van der Waals surface area contributed by atoms with E-state index in [1.54, 1.807) is 6.92 Å². The van der Waals surface area contributed by atoms with E-state index in [0.29, 0.717) is 6.54 Å². The van der Waals surface area contributed by atoms with Crippen LogP contribution < -0.4 is 10.6 Å². The number of nitrogens with one attached hydrogen (secondary N) is 2. The summed E-state index contributed by atoms with van der Waals surface area (Å²) in [5.74, 6) is -0.417. The van der Waals surface area contributed by atoms with Crippen LogP contribution in [0.4, 0.5) is 4.79 Å². The topological polar surface area (TPSA) is 122 Å². The minimum atomic E-state index is -0.596. The number of benzene rings is 3. The summed E-state index contributed by atoms with van der Waals surface area (Å²) < 4.78 is 18.3. The third kappa shape index (κ3) is 10.2. The summed E-state index contributed by atoms with van der Waals surface area (Å²) in [7, 11) is 2.11. The molecule has 258 valence electrons. The van der Waals surface area contributed by atoms with Crippen LogP contribution in [0.2, 0.25) is 0 Å². The number of hydrogen-bond donors (Lipinski definition) is 3. The van der Waals surface area contributed by atoms with Gasteiger partial charge in [-0.15, -0.1) is 0 Å². The fraction of sp³-hybridized carbons (Fsp3) is 0.359. The number of likely N-dealkylation sites (N-methyl/N-ethyl adjacent to an activating group) is 1. The first-order valence-electron chi connectivity index (χ1n) is 16.8. The number of carbonyl (C=O) groups excluding carboxylic acids is 2. The summed E-state index contributed by atoms with van der Waals surface area (Å²) in [6.45, 7) is 5.82. The van der Waals surface area contributed by atoms with Crippen LogP contribution in [0.25, 0.3) is 11.1 Å². The van der Waals surface area contributed by atoms with E-state index in [9.17, 15) is 14.7 Å². The first-order valence-corrected chi connectivity index (χ1v) is 16.8. The number of hydrogen-bond acceptors (Lipinski definition) is 8. The highest BCUT2D eigenvalue weighted by Crippen LogP contribution is 2.42. The monoisotopic (exact) mass is 666 g/mol. The van der Waals surface area contributed by atoms with E-state index in [1.165, 1.54) is 0 Å². The van der Waals surface area contributed by atoms with E-state index in [2.05, 4.69) is 40.6 Å². The first-order chi connectivity index (χ1) is 23.8. The van der Waals surface area contributed by atoms with Crippen molar-refractivity contribution < 1.29 is 28.9 Å².